The molecule has 4 N–H and O–H groups in total. The number of nitrogens with one attached hydrogen (secondary N) is 1. The third kappa shape index (κ3) is 4.00. The predicted molar refractivity (Wildman–Crippen MR) is 123 cm³/mol. The number of rotatable bonds is 7. The van der Waals surface area contributed by atoms with Crippen molar-refractivity contribution in [1.29, 1.82) is 0 Å². The van der Waals surface area contributed by atoms with Gasteiger partial charge in [0.05, 0.1) is 18.9 Å². The minimum Gasteiger partial charge on any atom is -0.493 e. The SMILES string of the molecule is NC(=O)C(CCOc1ccc2c(c1)CN1C(=N2)NC(=O)C1CO)N1CCCc2ccccc21. The lowest BCUT2D eigenvalue weighted by Crippen LogP contribution is -2.48. The number of benzene rings is 2. The summed E-state index contributed by atoms with van der Waals surface area (Å²) in [5.74, 6) is 0.515. The molecule has 1 fully saturated rings. The van der Waals surface area contributed by atoms with Crippen molar-refractivity contribution in [2.45, 2.75) is 37.9 Å². The lowest BCUT2D eigenvalue weighted by Gasteiger charge is -2.36. The molecular formula is C24H27N5O4. The molecule has 2 unspecified atom stereocenters. The monoisotopic (exact) mass is 449 g/mol. The molecule has 0 aromatic heterocycles. The lowest BCUT2D eigenvalue weighted by atomic mass is 9.99. The molecule has 2 aromatic carbocycles. The molecule has 0 bridgehead atoms. The molecule has 3 aliphatic rings. The summed E-state index contributed by atoms with van der Waals surface area (Å²) in [5, 5.41) is 12.2. The van der Waals surface area contributed by atoms with Crippen molar-refractivity contribution in [2.75, 3.05) is 24.7 Å². The van der Waals surface area contributed by atoms with Crippen molar-refractivity contribution >= 4 is 29.1 Å². The minimum absolute atomic E-state index is 0.252. The van der Waals surface area contributed by atoms with Crippen molar-refractivity contribution in [2.24, 2.45) is 10.7 Å². The van der Waals surface area contributed by atoms with Crippen molar-refractivity contribution in [3.63, 3.8) is 0 Å². The molecule has 33 heavy (non-hydrogen) atoms. The number of guanidine groups is 1. The first kappa shape index (κ1) is 21.3. The number of primary amides is 1. The highest BCUT2D eigenvalue weighted by Crippen LogP contribution is 2.32. The van der Waals surface area contributed by atoms with E-state index in [-0.39, 0.29) is 18.4 Å². The number of para-hydroxylation sites is 1. The van der Waals surface area contributed by atoms with Crippen LogP contribution in [0.5, 0.6) is 5.75 Å². The Bertz CT molecular complexity index is 1120. The van der Waals surface area contributed by atoms with Crippen molar-refractivity contribution in [3.05, 3.63) is 53.6 Å². The van der Waals surface area contributed by atoms with Gasteiger partial charge in [-0.05, 0) is 42.7 Å². The van der Waals surface area contributed by atoms with Gasteiger partial charge in [0.25, 0.3) is 5.91 Å². The summed E-state index contributed by atoms with van der Waals surface area (Å²) in [6.45, 7) is 1.30. The molecule has 2 aromatic rings. The number of hydrogen-bond donors (Lipinski definition) is 3. The first-order valence-electron chi connectivity index (χ1n) is 11.2. The van der Waals surface area contributed by atoms with Crippen LogP contribution in [0.25, 0.3) is 0 Å². The maximum absolute atomic E-state index is 12.3. The molecule has 2 amide bonds. The Labute approximate surface area is 191 Å². The lowest BCUT2D eigenvalue weighted by molar-refractivity contribution is -0.122. The highest BCUT2D eigenvalue weighted by atomic mass is 16.5. The van der Waals surface area contributed by atoms with E-state index >= 15 is 0 Å². The average molecular weight is 450 g/mol. The normalized spacial score (nSPS) is 19.7. The Morgan fingerprint density at radius 1 is 1.27 bits per heavy atom. The second-order valence-electron chi connectivity index (χ2n) is 8.52. The summed E-state index contributed by atoms with van der Waals surface area (Å²) >= 11 is 0. The van der Waals surface area contributed by atoms with Crippen LogP contribution in [0.1, 0.15) is 24.0 Å². The van der Waals surface area contributed by atoms with Gasteiger partial charge in [0.15, 0.2) is 0 Å². The number of aliphatic hydroxyl groups is 1. The van der Waals surface area contributed by atoms with Crippen LogP contribution >= 0.6 is 0 Å². The Morgan fingerprint density at radius 2 is 2.12 bits per heavy atom. The summed E-state index contributed by atoms with van der Waals surface area (Å²) in [6, 6.07) is 12.6. The van der Waals surface area contributed by atoms with E-state index in [1.807, 2.05) is 36.4 Å². The van der Waals surface area contributed by atoms with Gasteiger partial charge < -0.3 is 25.4 Å². The maximum atomic E-state index is 12.3. The zero-order valence-corrected chi connectivity index (χ0v) is 18.2. The van der Waals surface area contributed by atoms with E-state index in [1.54, 1.807) is 4.90 Å². The molecule has 9 heteroatoms. The summed E-state index contributed by atoms with van der Waals surface area (Å²) in [7, 11) is 0. The first-order chi connectivity index (χ1) is 16.0. The number of ether oxygens (including phenoxy) is 1. The first-order valence-corrected chi connectivity index (χ1v) is 11.2. The number of carbonyl (C=O) groups excluding carboxylic acids is 2. The second kappa shape index (κ2) is 8.74. The molecule has 5 rings (SSSR count). The van der Waals surface area contributed by atoms with Crippen LogP contribution < -0.4 is 20.7 Å². The number of aliphatic imine (C=N–C) groups is 1. The summed E-state index contributed by atoms with van der Waals surface area (Å²) in [4.78, 5) is 32.6. The van der Waals surface area contributed by atoms with E-state index in [0.717, 1.165) is 36.3 Å². The van der Waals surface area contributed by atoms with Crippen LogP contribution in [0.2, 0.25) is 0 Å². The Kier molecular flexibility index (Phi) is 5.63. The van der Waals surface area contributed by atoms with Crippen LogP contribution in [0, 0.1) is 0 Å². The molecule has 0 saturated carbocycles. The van der Waals surface area contributed by atoms with Crippen molar-refractivity contribution in [1.82, 2.24) is 10.2 Å². The minimum atomic E-state index is -0.634. The third-order valence-corrected chi connectivity index (χ3v) is 6.49. The van der Waals surface area contributed by atoms with Gasteiger partial charge >= 0.3 is 0 Å². The van der Waals surface area contributed by atoms with E-state index < -0.39 is 12.1 Å². The van der Waals surface area contributed by atoms with Gasteiger partial charge in [0.2, 0.25) is 11.9 Å². The molecule has 3 heterocycles. The standard InChI is InChI=1S/C24H27N5O4/c25-22(31)20(28-10-3-5-15-4-1-2-6-19(15)28)9-11-33-17-7-8-18-16(12-17)13-29-21(14-30)23(32)27-24(29)26-18/h1-2,4,6-8,12,20-21,30H,3,5,9-11,13-14H2,(H2,25,31)(H,26,27,32). The van der Waals surface area contributed by atoms with E-state index in [2.05, 4.69) is 21.3 Å². The fourth-order valence-corrected chi connectivity index (χ4v) is 4.82. The van der Waals surface area contributed by atoms with Crippen LogP contribution in [0.15, 0.2) is 47.5 Å². The Balaban J connectivity index is 1.26. The number of hydrogen-bond acceptors (Lipinski definition) is 7. The number of carbonyl (C=O) groups is 2. The summed E-state index contributed by atoms with van der Waals surface area (Å²) in [6.07, 6.45) is 2.46. The van der Waals surface area contributed by atoms with Gasteiger partial charge in [0, 0.05) is 30.8 Å². The molecule has 0 radical (unpaired) electrons. The highest BCUT2D eigenvalue weighted by Gasteiger charge is 2.38. The van der Waals surface area contributed by atoms with Gasteiger partial charge in [-0.25, -0.2) is 4.99 Å². The number of aliphatic hydroxyl groups excluding tert-OH is 1. The molecule has 172 valence electrons. The maximum Gasteiger partial charge on any atom is 0.251 e. The van der Waals surface area contributed by atoms with E-state index in [1.165, 1.54) is 5.56 Å². The number of nitrogens with two attached hydrogens (primary N) is 1. The van der Waals surface area contributed by atoms with Gasteiger partial charge in [-0.15, -0.1) is 0 Å². The largest absolute Gasteiger partial charge is 0.493 e. The topological polar surface area (TPSA) is 120 Å². The number of amides is 2. The molecule has 0 aliphatic carbocycles. The van der Waals surface area contributed by atoms with Crippen LogP contribution in [0.3, 0.4) is 0 Å². The van der Waals surface area contributed by atoms with Crippen molar-refractivity contribution in [3.8, 4) is 5.75 Å². The van der Waals surface area contributed by atoms with Gasteiger partial charge in [-0.3, -0.25) is 14.9 Å². The predicted octanol–water partition coefficient (Wildman–Crippen LogP) is 1.06. The summed E-state index contributed by atoms with van der Waals surface area (Å²) < 4.78 is 5.98. The molecule has 0 spiro atoms. The number of anilines is 1. The molecule has 1 saturated heterocycles. The van der Waals surface area contributed by atoms with E-state index in [9.17, 15) is 14.7 Å². The number of aryl methyl sites for hydroxylation is 1. The Morgan fingerprint density at radius 3 is 2.94 bits per heavy atom. The molecule has 3 aliphatic heterocycles. The van der Waals surface area contributed by atoms with Gasteiger partial charge in [-0.1, -0.05) is 18.2 Å². The van der Waals surface area contributed by atoms with Gasteiger partial charge in [-0.2, -0.15) is 0 Å². The fourth-order valence-electron chi connectivity index (χ4n) is 4.82. The van der Waals surface area contributed by atoms with Crippen LogP contribution in [0.4, 0.5) is 11.4 Å². The van der Waals surface area contributed by atoms with Gasteiger partial charge in [0.1, 0.15) is 17.8 Å². The Hall–Kier alpha value is -3.59. The number of fused-ring (bicyclic) bond motifs is 3. The van der Waals surface area contributed by atoms with Crippen LogP contribution in [-0.4, -0.2) is 59.6 Å². The molecular weight excluding hydrogens is 422 g/mol. The summed E-state index contributed by atoms with van der Waals surface area (Å²) in [5.41, 5.74) is 9.74. The number of nitrogens with zero attached hydrogens (tertiary/aromatic N) is 3. The fraction of sp³-hybridized carbons (Fsp3) is 0.375. The quantitative estimate of drug-likeness (QED) is 0.581. The zero-order valence-electron chi connectivity index (χ0n) is 18.2. The molecule has 2 atom stereocenters. The second-order valence-corrected chi connectivity index (χ2v) is 8.52. The van der Waals surface area contributed by atoms with E-state index in [0.29, 0.717) is 31.3 Å². The zero-order chi connectivity index (χ0) is 22.9. The molecule has 9 nitrogen and oxygen atoms in total. The highest BCUT2D eigenvalue weighted by molar-refractivity contribution is 6.07. The third-order valence-electron chi connectivity index (χ3n) is 6.49. The van der Waals surface area contributed by atoms with Crippen LogP contribution in [-0.2, 0) is 22.6 Å². The van der Waals surface area contributed by atoms with E-state index in [4.69, 9.17) is 10.5 Å². The smallest absolute Gasteiger partial charge is 0.251 e. The van der Waals surface area contributed by atoms with Crippen molar-refractivity contribution < 1.29 is 19.4 Å². The average Bonchev–Trinajstić information content (AvgIpc) is 3.13.